The van der Waals surface area contributed by atoms with Gasteiger partial charge < -0.3 is 23.6 Å². The van der Waals surface area contributed by atoms with Crippen LogP contribution in [-0.4, -0.2) is 81.1 Å². The number of methoxy groups -OCH3 is 1. The molecule has 1 fully saturated rings. The van der Waals surface area contributed by atoms with Crippen LogP contribution in [0.25, 0.3) is 11.3 Å². The first kappa shape index (κ1) is 23.5. The van der Waals surface area contributed by atoms with Crippen molar-refractivity contribution in [3.63, 3.8) is 0 Å². The minimum atomic E-state index is 0.572. The lowest BCUT2D eigenvalue weighted by Crippen LogP contribution is -2.48. The monoisotopic (exact) mass is 478 g/mol. The first-order valence-corrected chi connectivity index (χ1v) is 12.4. The van der Waals surface area contributed by atoms with Crippen LogP contribution < -0.4 is 19.1 Å². The maximum atomic E-state index is 5.70. The van der Waals surface area contributed by atoms with E-state index in [9.17, 15) is 0 Å². The van der Waals surface area contributed by atoms with Gasteiger partial charge in [0, 0.05) is 56.6 Å². The van der Waals surface area contributed by atoms with Crippen molar-refractivity contribution in [2.45, 2.75) is 13.5 Å². The van der Waals surface area contributed by atoms with E-state index in [0.29, 0.717) is 13.2 Å². The summed E-state index contributed by atoms with van der Waals surface area (Å²) < 4.78 is 22.3. The zero-order valence-corrected chi connectivity index (χ0v) is 20.6. The molecule has 2 aliphatic heterocycles. The van der Waals surface area contributed by atoms with Crippen molar-refractivity contribution >= 4 is 5.69 Å². The third-order valence-corrected chi connectivity index (χ3v) is 6.77. The van der Waals surface area contributed by atoms with Gasteiger partial charge in [-0.15, -0.1) is 0 Å². The summed E-state index contributed by atoms with van der Waals surface area (Å²) in [6.07, 6.45) is 0. The Labute approximate surface area is 206 Å². The highest BCUT2D eigenvalue weighted by molar-refractivity contribution is 5.64. The Balaban J connectivity index is 1.10. The number of aromatic nitrogens is 1. The van der Waals surface area contributed by atoms with Crippen molar-refractivity contribution in [2.24, 2.45) is 0 Å². The van der Waals surface area contributed by atoms with E-state index in [4.69, 9.17) is 18.7 Å². The number of hydrogen-bond acceptors (Lipinski definition) is 8. The van der Waals surface area contributed by atoms with Crippen molar-refractivity contribution in [2.75, 3.05) is 71.0 Å². The van der Waals surface area contributed by atoms with Gasteiger partial charge in [0.2, 0.25) is 0 Å². The van der Waals surface area contributed by atoms with E-state index in [2.05, 4.69) is 38.9 Å². The van der Waals surface area contributed by atoms with Crippen molar-refractivity contribution in [3.05, 3.63) is 54.3 Å². The third-order valence-electron chi connectivity index (χ3n) is 6.77. The van der Waals surface area contributed by atoms with Crippen LogP contribution >= 0.6 is 0 Å². The van der Waals surface area contributed by atoms with E-state index in [1.54, 1.807) is 7.11 Å². The SMILES string of the molecule is CCN(CCN1CCN(c2ccc(OC)cc2)CC1)Cc1cc(-c2ccc3c(c2)OCCO3)no1. The molecular formula is C27H34N4O4. The molecule has 0 bridgehead atoms. The molecule has 8 nitrogen and oxygen atoms in total. The highest BCUT2D eigenvalue weighted by Gasteiger charge is 2.19. The molecule has 2 aliphatic rings. The number of benzene rings is 2. The highest BCUT2D eigenvalue weighted by Crippen LogP contribution is 2.34. The fraction of sp³-hybridized carbons (Fsp3) is 0.444. The molecule has 5 rings (SSSR count). The number of likely N-dealkylation sites (N-methyl/N-ethyl adjacent to an activating group) is 1. The van der Waals surface area contributed by atoms with Gasteiger partial charge in [0.25, 0.3) is 0 Å². The molecule has 0 radical (unpaired) electrons. The lowest BCUT2D eigenvalue weighted by Gasteiger charge is -2.37. The first-order chi connectivity index (χ1) is 17.2. The predicted octanol–water partition coefficient (Wildman–Crippen LogP) is 3.77. The van der Waals surface area contributed by atoms with E-state index >= 15 is 0 Å². The highest BCUT2D eigenvalue weighted by atomic mass is 16.6. The van der Waals surface area contributed by atoms with Gasteiger partial charge in [-0.2, -0.15) is 0 Å². The molecule has 35 heavy (non-hydrogen) atoms. The maximum absolute atomic E-state index is 5.70. The van der Waals surface area contributed by atoms with Crippen molar-refractivity contribution in [3.8, 4) is 28.5 Å². The molecule has 186 valence electrons. The quantitative estimate of drug-likeness (QED) is 0.461. The second kappa shape index (κ2) is 11.0. The lowest BCUT2D eigenvalue weighted by molar-refractivity contribution is 0.171. The van der Waals surface area contributed by atoms with Crippen molar-refractivity contribution in [1.29, 1.82) is 0 Å². The van der Waals surface area contributed by atoms with Gasteiger partial charge in [0.15, 0.2) is 17.3 Å². The number of fused-ring (bicyclic) bond motifs is 1. The van der Waals surface area contributed by atoms with Gasteiger partial charge in [-0.05, 0) is 49.0 Å². The number of piperazine rings is 1. The minimum absolute atomic E-state index is 0.572. The average molecular weight is 479 g/mol. The topological polar surface area (TPSA) is 63.4 Å². The van der Waals surface area contributed by atoms with Gasteiger partial charge in [-0.3, -0.25) is 9.80 Å². The second-order valence-electron chi connectivity index (χ2n) is 8.93. The minimum Gasteiger partial charge on any atom is -0.497 e. The normalized spacial score (nSPS) is 16.0. The molecular weight excluding hydrogens is 444 g/mol. The number of hydrogen-bond donors (Lipinski definition) is 0. The van der Waals surface area contributed by atoms with Crippen LogP contribution in [0.3, 0.4) is 0 Å². The van der Waals surface area contributed by atoms with Gasteiger partial charge in [-0.1, -0.05) is 12.1 Å². The van der Waals surface area contributed by atoms with Gasteiger partial charge in [-0.25, -0.2) is 0 Å². The lowest BCUT2D eigenvalue weighted by atomic mass is 10.1. The fourth-order valence-electron chi connectivity index (χ4n) is 4.60. The van der Waals surface area contributed by atoms with Gasteiger partial charge in [0.05, 0.1) is 13.7 Å². The van der Waals surface area contributed by atoms with Gasteiger partial charge in [0.1, 0.15) is 24.7 Å². The second-order valence-corrected chi connectivity index (χ2v) is 8.93. The molecule has 0 unspecified atom stereocenters. The zero-order valence-electron chi connectivity index (χ0n) is 20.6. The Kier molecular flexibility index (Phi) is 7.39. The summed E-state index contributed by atoms with van der Waals surface area (Å²) in [7, 11) is 1.70. The summed E-state index contributed by atoms with van der Waals surface area (Å²) in [5, 5.41) is 4.30. The number of ether oxygens (including phenoxy) is 3. The van der Waals surface area contributed by atoms with Gasteiger partial charge >= 0.3 is 0 Å². The van der Waals surface area contributed by atoms with Crippen LogP contribution in [0.1, 0.15) is 12.7 Å². The molecule has 1 saturated heterocycles. The Bertz CT molecular complexity index is 1090. The summed E-state index contributed by atoms with van der Waals surface area (Å²) in [4.78, 5) is 7.40. The standard InChI is InChI=1S/C27H34N4O4/c1-3-29(10-11-30-12-14-31(15-13-30)22-5-7-23(32-2)8-6-22)20-24-19-25(28-35-24)21-4-9-26-27(18-21)34-17-16-33-26/h4-9,18-19H,3,10-17,20H2,1-2H3. The molecule has 2 aromatic carbocycles. The summed E-state index contributed by atoms with van der Waals surface area (Å²) >= 11 is 0. The molecule has 0 amide bonds. The molecule has 0 atom stereocenters. The molecule has 0 saturated carbocycles. The van der Waals surface area contributed by atoms with Crippen LogP contribution in [-0.2, 0) is 6.54 Å². The van der Waals surface area contributed by atoms with Crippen LogP contribution in [0.5, 0.6) is 17.2 Å². The Morgan fingerprint density at radius 3 is 2.46 bits per heavy atom. The molecule has 3 aromatic rings. The fourth-order valence-corrected chi connectivity index (χ4v) is 4.60. The summed E-state index contributed by atoms with van der Waals surface area (Å²) in [6.45, 7) is 11.3. The Hall–Kier alpha value is -3.23. The predicted molar refractivity (Wildman–Crippen MR) is 136 cm³/mol. The Morgan fingerprint density at radius 2 is 1.71 bits per heavy atom. The van der Waals surface area contributed by atoms with E-state index in [-0.39, 0.29) is 0 Å². The number of nitrogens with zero attached hydrogens (tertiary/aromatic N) is 4. The molecule has 0 aliphatic carbocycles. The molecule has 3 heterocycles. The third kappa shape index (κ3) is 5.71. The van der Waals surface area contributed by atoms with E-state index in [0.717, 1.165) is 86.6 Å². The average Bonchev–Trinajstić information content (AvgIpc) is 3.39. The van der Waals surface area contributed by atoms with Crippen LogP contribution in [0.4, 0.5) is 5.69 Å². The summed E-state index contributed by atoms with van der Waals surface area (Å²) in [5.41, 5.74) is 3.06. The molecule has 0 N–H and O–H groups in total. The zero-order chi connectivity index (χ0) is 24.0. The smallest absolute Gasteiger partial charge is 0.162 e. The van der Waals surface area contributed by atoms with Crippen molar-refractivity contribution < 1.29 is 18.7 Å². The summed E-state index contributed by atoms with van der Waals surface area (Å²) in [5.74, 6) is 3.32. The van der Waals surface area contributed by atoms with E-state index in [1.807, 2.05) is 36.4 Å². The van der Waals surface area contributed by atoms with Crippen LogP contribution in [0.2, 0.25) is 0 Å². The largest absolute Gasteiger partial charge is 0.497 e. The summed E-state index contributed by atoms with van der Waals surface area (Å²) in [6, 6.07) is 16.3. The van der Waals surface area contributed by atoms with E-state index < -0.39 is 0 Å². The van der Waals surface area contributed by atoms with E-state index in [1.165, 1.54) is 5.69 Å². The first-order valence-electron chi connectivity index (χ1n) is 12.4. The van der Waals surface area contributed by atoms with Crippen molar-refractivity contribution in [1.82, 2.24) is 15.0 Å². The molecule has 0 spiro atoms. The number of anilines is 1. The maximum Gasteiger partial charge on any atom is 0.162 e. The Morgan fingerprint density at radius 1 is 0.943 bits per heavy atom. The number of rotatable bonds is 9. The van der Waals surface area contributed by atoms with Crippen LogP contribution in [0.15, 0.2) is 53.1 Å². The molecule has 8 heteroatoms. The van der Waals surface area contributed by atoms with Crippen LogP contribution in [0, 0.1) is 0 Å². The molecule has 1 aromatic heterocycles.